The SMILES string of the molecule is CCOc1cc(NC(=O)C2CC3CCC2O3)ccc1S(=O)(=O)Nc1cccc(OC(F)(F)F)c1. The number of sulfonamides is 1. The zero-order chi connectivity index (χ0) is 24.5. The largest absolute Gasteiger partial charge is 0.573 e. The van der Waals surface area contributed by atoms with Crippen molar-refractivity contribution in [2.45, 2.75) is 49.7 Å². The lowest BCUT2D eigenvalue weighted by Crippen LogP contribution is -2.30. The smallest absolute Gasteiger partial charge is 0.492 e. The van der Waals surface area contributed by atoms with E-state index in [1.54, 1.807) is 6.92 Å². The summed E-state index contributed by atoms with van der Waals surface area (Å²) >= 11 is 0. The average molecular weight is 500 g/mol. The van der Waals surface area contributed by atoms with E-state index in [2.05, 4.69) is 14.8 Å². The standard InChI is InChI=1S/C22H23F3N2O6S/c1-2-31-19-11-13(26-21(28)17-12-15-7-8-18(17)32-15)6-9-20(19)34(29,30)27-14-4-3-5-16(10-14)33-22(23,24)25/h3-6,9-11,15,17-18,27H,2,7-8,12H2,1H3,(H,26,28). The maximum atomic E-state index is 13.0. The van der Waals surface area contributed by atoms with Gasteiger partial charge in [-0.1, -0.05) is 6.07 Å². The Morgan fingerprint density at radius 2 is 1.94 bits per heavy atom. The monoisotopic (exact) mass is 500 g/mol. The first-order valence-corrected chi connectivity index (χ1v) is 12.1. The van der Waals surface area contributed by atoms with Crippen LogP contribution in [0.4, 0.5) is 24.5 Å². The third-order valence-corrected chi connectivity index (χ3v) is 6.98. The first kappa shape index (κ1) is 24.1. The maximum absolute atomic E-state index is 13.0. The van der Waals surface area contributed by atoms with Crippen LogP contribution in [0.15, 0.2) is 47.4 Å². The number of fused-ring (bicyclic) bond motifs is 2. The lowest BCUT2D eigenvalue weighted by atomic mass is 9.88. The Hall–Kier alpha value is -2.99. The van der Waals surface area contributed by atoms with E-state index in [1.807, 2.05) is 0 Å². The molecule has 2 aromatic carbocycles. The van der Waals surface area contributed by atoms with E-state index in [4.69, 9.17) is 9.47 Å². The Labute approximate surface area is 194 Å². The molecule has 2 heterocycles. The van der Waals surface area contributed by atoms with E-state index in [0.717, 1.165) is 25.0 Å². The minimum Gasteiger partial charge on any atom is -0.492 e. The third-order valence-electron chi connectivity index (χ3n) is 5.56. The second-order valence-corrected chi connectivity index (χ2v) is 9.63. The van der Waals surface area contributed by atoms with Gasteiger partial charge in [-0.2, -0.15) is 0 Å². The van der Waals surface area contributed by atoms with E-state index in [-0.39, 0.29) is 47.0 Å². The Kier molecular flexibility index (Phi) is 6.63. The van der Waals surface area contributed by atoms with Crippen molar-refractivity contribution < 1.29 is 40.6 Å². The van der Waals surface area contributed by atoms with Crippen molar-refractivity contribution in [2.24, 2.45) is 5.92 Å². The molecule has 34 heavy (non-hydrogen) atoms. The quantitative estimate of drug-likeness (QED) is 0.561. The van der Waals surface area contributed by atoms with E-state index < -0.39 is 22.1 Å². The molecule has 2 aliphatic heterocycles. The Balaban J connectivity index is 1.52. The van der Waals surface area contributed by atoms with Gasteiger partial charge in [0, 0.05) is 17.8 Å². The fourth-order valence-corrected chi connectivity index (χ4v) is 5.37. The summed E-state index contributed by atoms with van der Waals surface area (Å²) in [6, 6.07) is 8.55. The Bertz CT molecular complexity index is 1170. The highest BCUT2D eigenvalue weighted by Crippen LogP contribution is 2.39. The summed E-state index contributed by atoms with van der Waals surface area (Å²) in [4.78, 5) is 12.4. The number of nitrogens with one attached hydrogen (secondary N) is 2. The van der Waals surface area contributed by atoms with Crippen molar-refractivity contribution >= 4 is 27.3 Å². The van der Waals surface area contributed by atoms with Crippen molar-refractivity contribution in [3.05, 3.63) is 42.5 Å². The molecule has 4 rings (SSSR count). The van der Waals surface area contributed by atoms with Crippen LogP contribution in [0, 0.1) is 5.92 Å². The van der Waals surface area contributed by atoms with Gasteiger partial charge in [-0.3, -0.25) is 9.52 Å². The molecule has 3 atom stereocenters. The van der Waals surface area contributed by atoms with Crippen molar-refractivity contribution in [1.82, 2.24) is 0 Å². The van der Waals surface area contributed by atoms with Gasteiger partial charge in [0.25, 0.3) is 10.0 Å². The van der Waals surface area contributed by atoms with E-state index in [9.17, 15) is 26.4 Å². The Morgan fingerprint density at radius 1 is 1.15 bits per heavy atom. The van der Waals surface area contributed by atoms with Gasteiger partial charge in [-0.05, 0) is 50.5 Å². The third kappa shape index (κ3) is 5.55. The highest BCUT2D eigenvalue weighted by molar-refractivity contribution is 7.92. The minimum atomic E-state index is -4.91. The molecule has 2 aliphatic rings. The van der Waals surface area contributed by atoms with Gasteiger partial charge in [-0.15, -0.1) is 13.2 Å². The van der Waals surface area contributed by atoms with Gasteiger partial charge in [0.05, 0.1) is 30.4 Å². The molecule has 0 spiro atoms. The molecule has 2 fully saturated rings. The van der Waals surface area contributed by atoms with Gasteiger partial charge < -0.3 is 19.5 Å². The number of ether oxygens (including phenoxy) is 3. The van der Waals surface area contributed by atoms with Gasteiger partial charge in [0.2, 0.25) is 5.91 Å². The molecular formula is C22H23F3N2O6S. The molecule has 2 bridgehead atoms. The van der Waals surface area contributed by atoms with Crippen LogP contribution in [0.3, 0.4) is 0 Å². The lowest BCUT2D eigenvalue weighted by molar-refractivity contribution is -0.274. The van der Waals surface area contributed by atoms with Crippen LogP contribution >= 0.6 is 0 Å². The normalized spacial score (nSPS) is 21.8. The predicted octanol–water partition coefficient (Wildman–Crippen LogP) is 4.29. The molecule has 2 aromatic rings. The Morgan fingerprint density at radius 3 is 2.59 bits per heavy atom. The van der Waals surface area contributed by atoms with Crippen LogP contribution in [-0.2, 0) is 19.6 Å². The highest BCUT2D eigenvalue weighted by Gasteiger charge is 2.44. The summed E-state index contributed by atoms with van der Waals surface area (Å²) in [6.45, 7) is 1.81. The zero-order valence-electron chi connectivity index (χ0n) is 18.1. The van der Waals surface area contributed by atoms with Crippen LogP contribution in [0.1, 0.15) is 26.2 Å². The first-order chi connectivity index (χ1) is 16.0. The van der Waals surface area contributed by atoms with Crippen LogP contribution in [-0.4, -0.2) is 39.5 Å². The molecule has 2 N–H and O–H groups in total. The summed E-state index contributed by atoms with van der Waals surface area (Å²) in [7, 11) is -4.24. The number of hydrogen-bond donors (Lipinski definition) is 2. The number of carbonyl (C=O) groups excluding carboxylic acids is 1. The topological polar surface area (TPSA) is 103 Å². The lowest BCUT2D eigenvalue weighted by Gasteiger charge is -2.19. The molecule has 12 heteroatoms. The van der Waals surface area contributed by atoms with Gasteiger partial charge >= 0.3 is 6.36 Å². The fraction of sp³-hybridized carbons (Fsp3) is 0.409. The van der Waals surface area contributed by atoms with E-state index in [0.29, 0.717) is 12.1 Å². The molecular weight excluding hydrogens is 477 g/mol. The molecule has 184 valence electrons. The maximum Gasteiger partial charge on any atom is 0.573 e. The van der Waals surface area contributed by atoms with Crippen molar-refractivity contribution in [3.63, 3.8) is 0 Å². The number of benzene rings is 2. The summed E-state index contributed by atoms with van der Waals surface area (Å²) in [5.74, 6) is -1.05. The molecule has 0 saturated carbocycles. The molecule has 0 radical (unpaired) electrons. The van der Waals surface area contributed by atoms with Crippen LogP contribution < -0.4 is 19.5 Å². The zero-order valence-corrected chi connectivity index (χ0v) is 18.9. The molecule has 2 saturated heterocycles. The van der Waals surface area contributed by atoms with E-state index >= 15 is 0 Å². The van der Waals surface area contributed by atoms with Crippen LogP contribution in [0.25, 0.3) is 0 Å². The number of halogens is 3. The first-order valence-electron chi connectivity index (χ1n) is 10.7. The van der Waals surface area contributed by atoms with Crippen LogP contribution in [0.5, 0.6) is 11.5 Å². The number of alkyl halides is 3. The van der Waals surface area contributed by atoms with Gasteiger partial charge in [0.1, 0.15) is 16.4 Å². The van der Waals surface area contributed by atoms with Crippen molar-refractivity contribution in [2.75, 3.05) is 16.6 Å². The second-order valence-electron chi connectivity index (χ2n) is 7.98. The molecule has 0 aliphatic carbocycles. The number of hydrogen-bond acceptors (Lipinski definition) is 6. The average Bonchev–Trinajstić information content (AvgIpc) is 3.36. The fourth-order valence-electron chi connectivity index (χ4n) is 4.19. The van der Waals surface area contributed by atoms with Crippen molar-refractivity contribution in [3.8, 4) is 11.5 Å². The number of rotatable bonds is 8. The minimum absolute atomic E-state index is 0.0142. The molecule has 8 nitrogen and oxygen atoms in total. The predicted molar refractivity (Wildman–Crippen MR) is 116 cm³/mol. The molecule has 3 unspecified atom stereocenters. The number of carbonyl (C=O) groups is 1. The molecule has 0 aromatic heterocycles. The van der Waals surface area contributed by atoms with Crippen molar-refractivity contribution in [1.29, 1.82) is 0 Å². The summed E-state index contributed by atoms with van der Waals surface area (Å²) in [5, 5.41) is 2.79. The molecule has 1 amide bonds. The van der Waals surface area contributed by atoms with Crippen LogP contribution in [0.2, 0.25) is 0 Å². The van der Waals surface area contributed by atoms with E-state index in [1.165, 1.54) is 30.3 Å². The van der Waals surface area contributed by atoms with Gasteiger partial charge in [0.15, 0.2) is 0 Å². The summed E-state index contributed by atoms with van der Waals surface area (Å²) in [5.41, 5.74) is 0.230. The number of anilines is 2. The number of amides is 1. The summed E-state index contributed by atoms with van der Waals surface area (Å²) in [6.07, 6.45) is -2.46. The highest BCUT2D eigenvalue weighted by atomic mass is 32.2. The van der Waals surface area contributed by atoms with Gasteiger partial charge in [-0.25, -0.2) is 8.42 Å². The summed E-state index contributed by atoms with van der Waals surface area (Å²) < 4.78 is 80.6. The second kappa shape index (κ2) is 9.34.